The number of carbonyl (C=O) groups excluding carboxylic acids is 1. The molecule has 1 amide bonds. The molecule has 2 rings (SSSR count). The van der Waals surface area contributed by atoms with Gasteiger partial charge in [-0.3, -0.25) is 9.10 Å². The molecule has 0 bridgehead atoms. The molecule has 2 aromatic carbocycles. The first kappa shape index (κ1) is 18.5. The summed E-state index contributed by atoms with van der Waals surface area (Å²) in [5, 5.41) is 2.76. The molecule has 0 spiro atoms. The van der Waals surface area contributed by atoms with Gasteiger partial charge >= 0.3 is 0 Å². The Labute approximate surface area is 150 Å². The van der Waals surface area contributed by atoms with Gasteiger partial charge in [-0.1, -0.05) is 51.8 Å². The van der Waals surface area contributed by atoms with Crippen LogP contribution in [0.25, 0.3) is 0 Å². The zero-order valence-electron chi connectivity index (χ0n) is 13.5. The molecule has 128 valence electrons. The number of sulfonamides is 1. The van der Waals surface area contributed by atoms with E-state index in [9.17, 15) is 13.2 Å². The van der Waals surface area contributed by atoms with Crippen molar-refractivity contribution in [2.75, 3.05) is 17.1 Å². The normalized spacial score (nSPS) is 11.1. The van der Waals surface area contributed by atoms with Crippen molar-refractivity contribution in [3.63, 3.8) is 0 Å². The minimum Gasteiger partial charge on any atom is -0.350 e. The summed E-state index contributed by atoms with van der Waals surface area (Å²) in [5.41, 5.74) is 2.52. The molecule has 0 fully saturated rings. The molecule has 5 nitrogen and oxygen atoms in total. The lowest BCUT2D eigenvalue weighted by Crippen LogP contribution is -2.40. The zero-order chi connectivity index (χ0) is 17.7. The van der Waals surface area contributed by atoms with E-state index in [-0.39, 0.29) is 12.5 Å². The summed E-state index contributed by atoms with van der Waals surface area (Å²) in [6.45, 7) is 2.07. The fraction of sp³-hybridized carbons (Fsp3) is 0.235. The lowest BCUT2D eigenvalue weighted by atomic mass is 10.1. The molecule has 0 aliphatic rings. The van der Waals surface area contributed by atoms with E-state index in [1.165, 1.54) is 0 Å². The zero-order valence-corrected chi connectivity index (χ0v) is 15.9. The molecule has 0 saturated heterocycles. The van der Waals surface area contributed by atoms with E-state index < -0.39 is 10.0 Å². The van der Waals surface area contributed by atoms with Gasteiger partial charge in [-0.15, -0.1) is 0 Å². The molecule has 24 heavy (non-hydrogen) atoms. The summed E-state index contributed by atoms with van der Waals surface area (Å²) < 4.78 is 25.9. The van der Waals surface area contributed by atoms with E-state index in [2.05, 4.69) is 21.2 Å². The van der Waals surface area contributed by atoms with E-state index in [0.717, 1.165) is 26.2 Å². The van der Waals surface area contributed by atoms with Crippen molar-refractivity contribution in [1.29, 1.82) is 0 Å². The highest BCUT2D eigenvalue weighted by molar-refractivity contribution is 9.10. The smallest absolute Gasteiger partial charge is 0.241 e. The summed E-state index contributed by atoms with van der Waals surface area (Å²) >= 11 is 3.31. The molecule has 0 heterocycles. The van der Waals surface area contributed by atoms with Crippen LogP contribution in [-0.4, -0.2) is 27.1 Å². The Morgan fingerprint density at radius 1 is 1.17 bits per heavy atom. The van der Waals surface area contributed by atoms with Crippen LogP contribution in [0.1, 0.15) is 11.1 Å². The van der Waals surface area contributed by atoms with Gasteiger partial charge in [-0.05, 0) is 30.7 Å². The van der Waals surface area contributed by atoms with Gasteiger partial charge in [0.25, 0.3) is 0 Å². The van der Waals surface area contributed by atoms with Gasteiger partial charge in [0.2, 0.25) is 15.9 Å². The average molecular weight is 411 g/mol. The second kappa shape index (κ2) is 7.81. The fourth-order valence-corrected chi connectivity index (χ4v) is 3.48. The highest BCUT2D eigenvalue weighted by atomic mass is 79.9. The van der Waals surface area contributed by atoms with E-state index >= 15 is 0 Å². The number of amides is 1. The van der Waals surface area contributed by atoms with Crippen LogP contribution in [0.2, 0.25) is 0 Å². The molecule has 2 aromatic rings. The van der Waals surface area contributed by atoms with Crippen molar-refractivity contribution in [3.05, 3.63) is 64.1 Å². The first-order valence-electron chi connectivity index (χ1n) is 7.31. The molecule has 0 aromatic heterocycles. The Hall–Kier alpha value is -1.86. The number of hydrogen-bond donors (Lipinski definition) is 1. The van der Waals surface area contributed by atoms with Crippen LogP contribution in [0.3, 0.4) is 0 Å². The Bertz CT molecular complexity index is 837. The molecular weight excluding hydrogens is 392 g/mol. The van der Waals surface area contributed by atoms with Gasteiger partial charge in [0.15, 0.2) is 0 Å². The highest BCUT2D eigenvalue weighted by Crippen LogP contribution is 2.21. The van der Waals surface area contributed by atoms with Crippen LogP contribution in [0.15, 0.2) is 53.0 Å². The van der Waals surface area contributed by atoms with Gasteiger partial charge in [-0.25, -0.2) is 8.42 Å². The Morgan fingerprint density at radius 3 is 2.50 bits per heavy atom. The van der Waals surface area contributed by atoms with Gasteiger partial charge in [0.05, 0.1) is 11.9 Å². The van der Waals surface area contributed by atoms with Gasteiger partial charge in [0, 0.05) is 11.0 Å². The van der Waals surface area contributed by atoms with Crippen LogP contribution in [-0.2, 0) is 21.4 Å². The number of aryl methyl sites for hydroxylation is 1. The lowest BCUT2D eigenvalue weighted by Gasteiger charge is -2.22. The van der Waals surface area contributed by atoms with Crippen LogP contribution in [0.4, 0.5) is 5.69 Å². The maximum absolute atomic E-state index is 12.2. The molecule has 0 atom stereocenters. The molecule has 0 radical (unpaired) electrons. The predicted octanol–water partition coefficient (Wildman–Crippen LogP) is 2.84. The Morgan fingerprint density at radius 2 is 1.88 bits per heavy atom. The summed E-state index contributed by atoms with van der Waals surface area (Å²) in [6, 6.07) is 14.6. The number of carbonyl (C=O) groups is 1. The molecular formula is C17H19BrN2O3S. The standard InChI is InChI=1S/C17H19BrN2O3S/c1-13-5-3-6-14(9-13)11-19-17(21)12-20(24(2,22)23)16-8-4-7-15(18)10-16/h3-10H,11-12H2,1-2H3,(H,19,21). The summed E-state index contributed by atoms with van der Waals surface area (Å²) in [4.78, 5) is 12.2. The van der Waals surface area contributed by atoms with E-state index in [0.29, 0.717) is 12.2 Å². The Balaban J connectivity index is 2.08. The largest absolute Gasteiger partial charge is 0.350 e. The van der Waals surface area contributed by atoms with Crippen LogP contribution >= 0.6 is 15.9 Å². The number of benzene rings is 2. The Kier molecular flexibility index (Phi) is 6.01. The van der Waals surface area contributed by atoms with Gasteiger partial charge in [-0.2, -0.15) is 0 Å². The second-order valence-corrected chi connectivity index (χ2v) is 8.34. The third-order valence-corrected chi connectivity index (χ3v) is 4.99. The SMILES string of the molecule is Cc1cccc(CNC(=O)CN(c2cccc(Br)c2)S(C)(=O)=O)c1. The van der Waals surface area contributed by atoms with Crippen molar-refractivity contribution in [2.24, 2.45) is 0 Å². The maximum atomic E-state index is 12.2. The third kappa shape index (κ3) is 5.35. The molecule has 0 aliphatic heterocycles. The minimum absolute atomic E-state index is 0.263. The quantitative estimate of drug-likeness (QED) is 0.795. The first-order chi connectivity index (χ1) is 11.3. The number of hydrogen-bond acceptors (Lipinski definition) is 3. The molecule has 1 N–H and O–H groups in total. The first-order valence-corrected chi connectivity index (χ1v) is 9.95. The van der Waals surface area contributed by atoms with Crippen LogP contribution in [0.5, 0.6) is 0 Å². The van der Waals surface area contributed by atoms with Crippen molar-refractivity contribution in [3.8, 4) is 0 Å². The summed E-state index contributed by atoms with van der Waals surface area (Å²) in [6.07, 6.45) is 1.09. The number of halogens is 1. The van der Waals surface area contributed by atoms with E-state index in [1.54, 1.807) is 24.3 Å². The molecule has 7 heteroatoms. The van der Waals surface area contributed by atoms with Crippen molar-refractivity contribution >= 4 is 37.5 Å². The molecule has 0 aliphatic carbocycles. The fourth-order valence-electron chi connectivity index (χ4n) is 2.24. The maximum Gasteiger partial charge on any atom is 0.241 e. The van der Waals surface area contributed by atoms with Crippen molar-refractivity contribution < 1.29 is 13.2 Å². The van der Waals surface area contributed by atoms with E-state index in [4.69, 9.17) is 0 Å². The number of nitrogens with one attached hydrogen (secondary N) is 1. The lowest BCUT2D eigenvalue weighted by molar-refractivity contribution is -0.119. The van der Waals surface area contributed by atoms with Gasteiger partial charge in [0.1, 0.15) is 6.54 Å². The molecule has 0 unspecified atom stereocenters. The second-order valence-electron chi connectivity index (χ2n) is 5.52. The topological polar surface area (TPSA) is 66.5 Å². The number of anilines is 1. The van der Waals surface area contributed by atoms with Crippen LogP contribution in [0, 0.1) is 6.92 Å². The third-order valence-electron chi connectivity index (χ3n) is 3.36. The predicted molar refractivity (Wildman–Crippen MR) is 99.4 cm³/mol. The summed E-state index contributed by atoms with van der Waals surface area (Å²) in [5.74, 6) is -0.359. The molecule has 0 saturated carbocycles. The van der Waals surface area contributed by atoms with Crippen LogP contribution < -0.4 is 9.62 Å². The summed E-state index contributed by atoms with van der Waals surface area (Å²) in [7, 11) is -3.57. The van der Waals surface area contributed by atoms with Crippen molar-refractivity contribution in [2.45, 2.75) is 13.5 Å². The number of nitrogens with zero attached hydrogens (tertiary/aromatic N) is 1. The van der Waals surface area contributed by atoms with E-state index in [1.807, 2.05) is 31.2 Å². The number of rotatable bonds is 6. The van der Waals surface area contributed by atoms with Gasteiger partial charge < -0.3 is 5.32 Å². The van der Waals surface area contributed by atoms with Crippen molar-refractivity contribution in [1.82, 2.24) is 5.32 Å². The monoisotopic (exact) mass is 410 g/mol. The minimum atomic E-state index is -3.57. The highest BCUT2D eigenvalue weighted by Gasteiger charge is 2.20. The average Bonchev–Trinajstić information content (AvgIpc) is 2.49.